The Morgan fingerprint density at radius 1 is 1.37 bits per heavy atom. The molecule has 2 rings (SSSR count). The van der Waals surface area contributed by atoms with E-state index in [1.807, 2.05) is 0 Å². The van der Waals surface area contributed by atoms with E-state index in [-0.39, 0.29) is 18.5 Å². The van der Waals surface area contributed by atoms with Crippen LogP contribution in [0.25, 0.3) is 0 Å². The lowest BCUT2D eigenvalue weighted by Gasteiger charge is -2.14. The van der Waals surface area contributed by atoms with Crippen molar-refractivity contribution in [2.24, 2.45) is 5.92 Å². The lowest BCUT2D eigenvalue weighted by atomic mass is 9.98. The molecule has 0 aliphatic carbocycles. The molecule has 7 heteroatoms. The van der Waals surface area contributed by atoms with Crippen LogP contribution in [-0.2, 0) is 11.0 Å². The molecule has 19 heavy (non-hydrogen) atoms. The zero-order valence-corrected chi connectivity index (χ0v) is 9.67. The largest absolute Gasteiger partial charge is 0.481 e. The van der Waals surface area contributed by atoms with Crippen LogP contribution in [0.3, 0.4) is 0 Å². The van der Waals surface area contributed by atoms with Crippen molar-refractivity contribution in [1.82, 2.24) is 5.32 Å². The number of hydrogen-bond acceptors (Lipinski definition) is 2. The van der Waals surface area contributed by atoms with Crippen molar-refractivity contribution in [3.8, 4) is 0 Å². The molecule has 1 aliphatic heterocycles. The van der Waals surface area contributed by atoms with Gasteiger partial charge in [-0.2, -0.15) is 13.2 Å². The Hall–Kier alpha value is -1.63. The second-order valence-corrected chi connectivity index (χ2v) is 4.47. The molecular weight excluding hydrogens is 266 g/mol. The maximum atomic E-state index is 13.1. The Morgan fingerprint density at radius 2 is 2.05 bits per heavy atom. The third-order valence-corrected chi connectivity index (χ3v) is 3.18. The minimum atomic E-state index is -4.76. The molecule has 1 aromatic rings. The molecule has 0 amide bonds. The minimum absolute atomic E-state index is 0.193. The number of halogens is 4. The van der Waals surface area contributed by atoms with E-state index in [4.69, 9.17) is 5.11 Å². The smallest absolute Gasteiger partial charge is 0.419 e. The summed E-state index contributed by atoms with van der Waals surface area (Å²) in [6.07, 6.45) is -4.57. The fraction of sp³-hybridized carbons (Fsp3) is 0.417. The van der Waals surface area contributed by atoms with Crippen LogP contribution in [0.2, 0.25) is 0 Å². The number of carbonyl (C=O) groups is 1. The molecule has 1 fully saturated rings. The summed E-state index contributed by atoms with van der Waals surface area (Å²) in [4.78, 5) is 10.8. The van der Waals surface area contributed by atoms with Crippen molar-refractivity contribution < 1.29 is 27.5 Å². The van der Waals surface area contributed by atoms with E-state index in [0.29, 0.717) is 0 Å². The Kier molecular flexibility index (Phi) is 3.49. The highest BCUT2D eigenvalue weighted by Gasteiger charge is 2.36. The Bertz CT molecular complexity index is 501. The lowest BCUT2D eigenvalue weighted by molar-refractivity contribution is -0.141. The van der Waals surface area contributed by atoms with Crippen molar-refractivity contribution in [1.29, 1.82) is 0 Å². The molecule has 1 aromatic carbocycles. The Balaban J connectivity index is 2.25. The van der Waals surface area contributed by atoms with Crippen molar-refractivity contribution in [2.45, 2.75) is 18.6 Å². The van der Waals surface area contributed by atoms with E-state index in [0.717, 1.165) is 12.1 Å². The number of carboxylic acids is 1. The number of hydrogen-bond donors (Lipinski definition) is 2. The highest BCUT2D eigenvalue weighted by Crippen LogP contribution is 2.35. The van der Waals surface area contributed by atoms with Gasteiger partial charge in [0.25, 0.3) is 0 Å². The van der Waals surface area contributed by atoms with Gasteiger partial charge in [0.15, 0.2) is 0 Å². The van der Waals surface area contributed by atoms with Crippen molar-refractivity contribution in [2.75, 3.05) is 6.54 Å². The van der Waals surface area contributed by atoms with Crippen LogP contribution in [0.4, 0.5) is 17.6 Å². The summed E-state index contributed by atoms with van der Waals surface area (Å²) in [7, 11) is 0. The number of carboxylic acid groups (broad SMARTS) is 1. The van der Waals surface area contributed by atoms with Crippen molar-refractivity contribution in [3.63, 3.8) is 0 Å². The first kappa shape index (κ1) is 13.8. The number of rotatable bonds is 2. The van der Waals surface area contributed by atoms with Crippen molar-refractivity contribution in [3.05, 3.63) is 35.1 Å². The number of alkyl halides is 3. The quantitative estimate of drug-likeness (QED) is 0.817. The first-order chi connectivity index (χ1) is 8.79. The zero-order valence-electron chi connectivity index (χ0n) is 9.67. The maximum Gasteiger partial charge on any atom is 0.419 e. The second-order valence-electron chi connectivity index (χ2n) is 4.47. The summed E-state index contributed by atoms with van der Waals surface area (Å²) in [5.74, 6) is -2.96. The van der Waals surface area contributed by atoms with Gasteiger partial charge in [0, 0.05) is 12.6 Å². The molecule has 1 saturated heterocycles. The molecule has 0 aromatic heterocycles. The SMILES string of the molecule is O=C(O)C1CNC(c2ccc(F)c(C(F)(F)F)c2)C1. The van der Waals surface area contributed by atoms with Gasteiger partial charge in [-0.05, 0) is 24.1 Å². The van der Waals surface area contributed by atoms with E-state index in [1.54, 1.807) is 0 Å². The maximum absolute atomic E-state index is 13.1. The van der Waals surface area contributed by atoms with Gasteiger partial charge < -0.3 is 10.4 Å². The van der Waals surface area contributed by atoms with Gasteiger partial charge in [0.05, 0.1) is 11.5 Å². The molecule has 1 aliphatic rings. The predicted molar refractivity (Wildman–Crippen MR) is 57.9 cm³/mol. The monoisotopic (exact) mass is 277 g/mol. The molecule has 1 heterocycles. The first-order valence-electron chi connectivity index (χ1n) is 5.62. The average molecular weight is 277 g/mol. The molecule has 104 valence electrons. The molecule has 0 spiro atoms. The second kappa shape index (κ2) is 4.80. The molecule has 2 unspecified atom stereocenters. The van der Waals surface area contributed by atoms with Crippen LogP contribution in [-0.4, -0.2) is 17.6 Å². The highest BCUT2D eigenvalue weighted by molar-refractivity contribution is 5.70. The van der Waals surface area contributed by atoms with Gasteiger partial charge in [-0.3, -0.25) is 4.79 Å². The van der Waals surface area contributed by atoms with E-state index in [1.165, 1.54) is 6.07 Å². The van der Waals surface area contributed by atoms with E-state index in [9.17, 15) is 22.4 Å². The highest BCUT2D eigenvalue weighted by atomic mass is 19.4. The summed E-state index contributed by atoms with van der Waals surface area (Å²) >= 11 is 0. The van der Waals surface area contributed by atoms with E-state index in [2.05, 4.69) is 5.32 Å². The van der Waals surface area contributed by atoms with Gasteiger partial charge in [-0.15, -0.1) is 0 Å². The predicted octanol–water partition coefficient (Wildman–Crippen LogP) is 2.58. The summed E-state index contributed by atoms with van der Waals surface area (Å²) in [6, 6.07) is 2.24. The summed E-state index contributed by atoms with van der Waals surface area (Å²) in [5, 5.41) is 11.7. The zero-order chi connectivity index (χ0) is 14.2. The topological polar surface area (TPSA) is 49.3 Å². The van der Waals surface area contributed by atoms with Crippen LogP contribution in [0.15, 0.2) is 18.2 Å². The van der Waals surface area contributed by atoms with Gasteiger partial charge in [-0.1, -0.05) is 6.07 Å². The minimum Gasteiger partial charge on any atom is -0.481 e. The normalized spacial score (nSPS) is 23.6. The summed E-state index contributed by atoms with van der Waals surface area (Å²) in [5.41, 5.74) is -1.08. The Labute approximate surface area is 106 Å². The van der Waals surface area contributed by atoms with Crippen LogP contribution < -0.4 is 5.32 Å². The molecule has 2 N–H and O–H groups in total. The van der Waals surface area contributed by atoms with Gasteiger partial charge in [-0.25, -0.2) is 4.39 Å². The molecular formula is C12H11F4NO2. The first-order valence-corrected chi connectivity index (χ1v) is 5.62. The third-order valence-electron chi connectivity index (χ3n) is 3.18. The van der Waals surface area contributed by atoms with Crippen molar-refractivity contribution >= 4 is 5.97 Å². The van der Waals surface area contributed by atoms with Crippen LogP contribution in [0.1, 0.15) is 23.6 Å². The fourth-order valence-corrected chi connectivity index (χ4v) is 2.15. The lowest BCUT2D eigenvalue weighted by Crippen LogP contribution is -2.17. The number of benzene rings is 1. The van der Waals surface area contributed by atoms with Crippen LogP contribution in [0.5, 0.6) is 0 Å². The molecule has 0 bridgehead atoms. The number of nitrogens with one attached hydrogen (secondary N) is 1. The van der Waals surface area contributed by atoms with Gasteiger partial charge in [0.1, 0.15) is 5.82 Å². The molecule has 0 radical (unpaired) electrons. The van der Waals surface area contributed by atoms with Gasteiger partial charge >= 0.3 is 12.1 Å². The number of aliphatic carboxylic acids is 1. The van der Waals surface area contributed by atoms with E-state index < -0.39 is 35.5 Å². The standard InChI is InChI=1S/C12H11F4NO2/c13-9-2-1-6(3-8(9)12(14,15)16)10-4-7(5-17-10)11(18)19/h1-3,7,10,17H,4-5H2,(H,18,19). The van der Waals surface area contributed by atoms with Gasteiger partial charge in [0.2, 0.25) is 0 Å². The third kappa shape index (κ3) is 2.86. The molecule has 2 atom stereocenters. The summed E-state index contributed by atoms with van der Waals surface area (Å²) < 4.78 is 50.8. The van der Waals surface area contributed by atoms with E-state index >= 15 is 0 Å². The fourth-order valence-electron chi connectivity index (χ4n) is 2.15. The Morgan fingerprint density at radius 3 is 2.58 bits per heavy atom. The molecule has 3 nitrogen and oxygen atoms in total. The summed E-state index contributed by atoms with van der Waals surface area (Å²) in [6.45, 7) is 0.193. The van der Waals surface area contributed by atoms with Crippen LogP contribution in [0, 0.1) is 11.7 Å². The molecule has 0 saturated carbocycles. The van der Waals surface area contributed by atoms with Crippen LogP contribution >= 0.6 is 0 Å². The average Bonchev–Trinajstić information content (AvgIpc) is 2.77.